The van der Waals surface area contributed by atoms with E-state index in [-0.39, 0.29) is 5.43 Å². The first-order chi connectivity index (χ1) is 13.5. The topological polar surface area (TPSA) is 68.1 Å². The van der Waals surface area contributed by atoms with Gasteiger partial charge in [-0.15, -0.1) is 0 Å². The normalized spacial score (nSPS) is 10.2. The maximum Gasteiger partial charge on any atom is 0.190 e. The molecule has 4 nitrogen and oxygen atoms in total. The van der Waals surface area contributed by atoms with E-state index >= 15 is 0 Å². The fourth-order valence-electron chi connectivity index (χ4n) is 2.69. The van der Waals surface area contributed by atoms with Crippen molar-refractivity contribution in [2.24, 2.45) is 0 Å². The van der Waals surface area contributed by atoms with Gasteiger partial charge in [-0.2, -0.15) is 0 Å². The van der Waals surface area contributed by atoms with Crippen LogP contribution in [0.2, 0.25) is 10.0 Å². The highest BCUT2D eigenvalue weighted by Crippen LogP contribution is 2.28. The Morgan fingerprint density at radius 3 is 2.25 bits per heavy atom. The summed E-state index contributed by atoms with van der Waals surface area (Å²) in [6.45, 7) is 0. The van der Waals surface area contributed by atoms with Crippen LogP contribution >= 0.6 is 23.2 Å². The Morgan fingerprint density at radius 2 is 1.57 bits per heavy atom. The number of rotatable bonds is 2. The summed E-state index contributed by atoms with van der Waals surface area (Å²) < 4.78 is 5.33. The molecule has 0 aliphatic rings. The lowest BCUT2D eigenvalue weighted by molar-refractivity contribution is 0.416. The average Bonchev–Trinajstić information content (AvgIpc) is 2.71. The van der Waals surface area contributed by atoms with Gasteiger partial charge in [-0.3, -0.25) is 4.79 Å². The molecular weight excluding hydrogens is 395 g/mol. The molecular formula is C22H18Cl2N2O2. The third-order valence-corrected chi connectivity index (χ3v) is 4.55. The van der Waals surface area contributed by atoms with Crippen LogP contribution in [0.15, 0.2) is 77.6 Å². The molecule has 0 aliphatic carbocycles. The van der Waals surface area contributed by atoms with Crippen molar-refractivity contribution in [2.75, 3.05) is 12.8 Å². The Hall–Kier alpha value is -2.95. The smallest absolute Gasteiger partial charge is 0.190 e. The van der Waals surface area contributed by atoms with Crippen LogP contribution < -0.4 is 15.9 Å². The molecule has 4 aromatic rings. The second-order valence-corrected chi connectivity index (χ2v) is 6.86. The van der Waals surface area contributed by atoms with Gasteiger partial charge in [0.2, 0.25) is 0 Å². The molecule has 0 aliphatic heterocycles. The number of ether oxygens (including phenoxy) is 1. The van der Waals surface area contributed by atoms with Gasteiger partial charge in [0.05, 0.1) is 12.8 Å². The quantitative estimate of drug-likeness (QED) is 0.410. The Kier molecular flexibility index (Phi) is 6.24. The lowest BCUT2D eigenvalue weighted by atomic mass is 10.1. The minimum absolute atomic E-state index is 0.0674. The van der Waals surface area contributed by atoms with Crippen molar-refractivity contribution in [3.63, 3.8) is 0 Å². The average molecular weight is 413 g/mol. The molecule has 4 rings (SSSR count). The number of nitrogens with two attached hydrogens (primary N) is 1. The standard InChI is InChI=1S/C16H12ClNO2.C6H6ClN/c1-20-16-5-3-2-4-11(16)14-9-15(19)12-8-10(17)6-7-13(12)18-14;7-5-1-3-6(8)4-2-5/h2-9H,1H3,(H,18,19);1-4H,8H2. The van der Waals surface area contributed by atoms with Crippen LogP contribution in [-0.4, -0.2) is 12.1 Å². The fraction of sp³-hybridized carbons (Fsp3) is 0.0455. The summed E-state index contributed by atoms with van der Waals surface area (Å²) in [5, 5.41) is 1.85. The van der Waals surface area contributed by atoms with Gasteiger partial charge in [-0.25, -0.2) is 0 Å². The molecule has 28 heavy (non-hydrogen) atoms. The molecule has 0 fully saturated rings. The van der Waals surface area contributed by atoms with Crippen molar-refractivity contribution in [1.82, 2.24) is 4.98 Å². The number of pyridine rings is 1. The molecule has 0 saturated heterocycles. The molecule has 1 heterocycles. The lowest BCUT2D eigenvalue weighted by Gasteiger charge is -2.09. The van der Waals surface area contributed by atoms with E-state index in [4.69, 9.17) is 33.7 Å². The number of anilines is 1. The maximum absolute atomic E-state index is 12.2. The van der Waals surface area contributed by atoms with Crippen LogP contribution in [-0.2, 0) is 0 Å². The van der Waals surface area contributed by atoms with E-state index in [0.29, 0.717) is 10.4 Å². The van der Waals surface area contributed by atoms with Crippen molar-refractivity contribution in [1.29, 1.82) is 0 Å². The van der Waals surface area contributed by atoms with Crippen molar-refractivity contribution in [2.45, 2.75) is 0 Å². The second kappa shape index (κ2) is 8.83. The molecule has 1 aromatic heterocycles. The number of H-pyrrole nitrogens is 1. The third-order valence-electron chi connectivity index (χ3n) is 4.06. The summed E-state index contributed by atoms with van der Waals surface area (Å²) in [6.07, 6.45) is 0. The van der Waals surface area contributed by atoms with Crippen LogP contribution in [0, 0.1) is 0 Å². The minimum Gasteiger partial charge on any atom is -0.496 e. The number of aromatic amines is 1. The Bertz CT molecular complexity index is 1130. The SMILES string of the molecule is COc1ccccc1-c1cc(=O)c2cc(Cl)ccc2[nH]1.Nc1ccc(Cl)cc1. The number of nitrogen functional groups attached to an aromatic ring is 1. The molecule has 0 unspecified atom stereocenters. The van der Waals surface area contributed by atoms with Crippen LogP contribution in [0.5, 0.6) is 5.75 Å². The third kappa shape index (κ3) is 4.66. The highest BCUT2D eigenvalue weighted by Gasteiger charge is 2.08. The summed E-state index contributed by atoms with van der Waals surface area (Å²) in [5.41, 5.74) is 8.37. The summed E-state index contributed by atoms with van der Waals surface area (Å²) in [5.74, 6) is 0.719. The summed E-state index contributed by atoms with van der Waals surface area (Å²) in [7, 11) is 1.61. The van der Waals surface area contributed by atoms with Crippen molar-refractivity contribution < 1.29 is 4.74 Å². The van der Waals surface area contributed by atoms with Crippen molar-refractivity contribution >= 4 is 39.8 Å². The molecule has 3 N–H and O–H groups in total. The van der Waals surface area contributed by atoms with Crippen molar-refractivity contribution in [3.8, 4) is 17.0 Å². The van der Waals surface area contributed by atoms with Gasteiger partial charge >= 0.3 is 0 Å². The van der Waals surface area contributed by atoms with Crippen LogP contribution in [0.25, 0.3) is 22.2 Å². The van der Waals surface area contributed by atoms with Gasteiger partial charge in [0, 0.05) is 38.3 Å². The number of nitrogens with one attached hydrogen (secondary N) is 1. The minimum atomic E-state index is -0.0674. The molecule has 3 aromatic carbocycles. The molecule has 142 valence electrons. The predicted octanol–water partition coefficient (Wildman–Crippen LogP) is 5.78. The highest BCUT2D eigenvalue weighted by atomic mass is 35.5. The summed E-state index contributed by atoms with van der Waals surface area (Å²) in [4.78, 5) is 15.5. The zero-order valence-corrected chi connectivity index (χ0v) is 16.6. The van der Waals surface area contributed by atoms with E-state index in [1.165, 1.54) is 0 Å². The molecule has 0 bridgehead atoms. The monoisotopic (exact) mass is 412 g/mol. The molecule has 0 radical (unpaired) electrons. The van der Waals surface area contributed by atoms with E-state index in [2.05, 4.69) is 4.98 Å². The largest absolute Gasteiger partial charge is 0.496 e. The number of hydrogen-bond acceptors (Lipinski definition) is 3. The number of benzene rings is 3. The number of hydrogen-bond donors (Lipinski definition) is 2. The van der Waals surface area contributed by atoms with E-state index in [1.54, 1.807) is 55.6 Å². The number of methoxy groups -OCH3 is 1. The first-order valence-corrected chi connectivity index (χ1v) is 9.20. The van der Waals surface area contributed by atoms with E-state index in [1.807, 2.05) is 24.3 Å². The molecule has 6 heteroatoms. The predicted molar refractivity (Wildman–Crippen MR) is 117 cm³/mol. The van der Waals surface area contributed by atoms with Gasteiger partial charge < -0.3 is 15.5 Å². The Labute approximate surface area is 172 Å². The van der Waals surface area contributed by atoms with Gasteiger partial charge in [0.15, 0.2) is 5.43 Å². The van der Waals surface area contributed by atoms with Gasteiger partial charge in [0.1, 0.15) is 5.75 Å². The van der Waals surface area contributed by atoms with Crippen LogP contribution in [0.3, 0.4) is 0 Å². The number of fused-ring (bicyclic) bond motifs is 1. The Balaban J connectivity index is 0.000000236. The number of aromatic nitrogens is 1. The fourth-order valence-corrected chi connectivity index (χ4v) is 2.99. The van der Waals surface area contributed by atoms with Gasteiger partial charge in [-0.1, -0.05) is 35.3 Å². The highest BCUT2D eigenvalue weighted by molar-refractivity contribution is 6.31. The number of para-hydroxylation sites is 1. The zero-order chi connectivity index (χ0) is 20.1. The summed E-state index contributed by atoms with van der Waals surface area (Å²) in [6, 6.07) is 21.4. The maximum atomic E-state index is 12.2. The first kappa shape index (κ1) is 19.8. The van der Waals surface area contributed by atoms with E-state index < -0.39 is 0 Å². The van der Waals surface area contributed by atoms with Crippen LogP contribution in [0.4, 0.5) is 5.69 Å². The zero-order valence-electron chi connectivity index (χ0n) is 15.1. The van der Waals surface area contributed by atoms with Gasteiger partial charge in [-0.05, 0) is 54.6 Å². The van der Waals surface area contributed by atoms with Gasteiger partial charge in [0.25, 0.3) is 0 Å². The molecule has 0 spiro atoms. The first-order valence-electron chi connectivity index (χ1n) is 8.45. The van der Waals surface area contributed by atoms with Crippen LogP contribution in [0.1, 0.15) is 0 Å². The van der Waals surface area contributed by atoms with E-state index in [9.17, 15) is 4.79 Å². The lowest BCUT2D eigenvalue weighted by Crippen LogP contribution is -2.03. The van der Waals surface area contributed by atoms with E-state index in [0.717, 1.165) is 33.2 Å². The summed E-state index contributed by atoms with van der Waals surface area (Å²) >= 11 is 11.5. The molecule has 0 atom stereocenters. The number of halogens is 2. The second-order valence-electron chi connectivity index (χ2n) is 5.99. The molecule has 0 amide bonds. The van der Waals surface area contributed by atoms with Crippen molar-refractivity contribution in [3.05, 3.63) is 93.1 Å². The molecule has 0 saturated carbocycles. The Morgan fingerprint density at radius 1 is 0.893 bits per heavy atom.